The van der Waals surface area contributed by atoms with Gasteiger partial charge in [-0.3, -0.25) is 10.1 Å². The van der Waals surface area contributed by atoms with Gasteiger partial charge in [-0.05, 0) is 30.3 Å². The minimum atomic E-state index is -3.28. The van der Waals surface area contributed by atoms with Crippen molar-refractivity contribution in [3.63, 3.8) is 0 Å². The zero-order valence-corrected chi connectivity index (χ0v) is 15.0. The molecule has 1 heterocycles. The summed E-state index contributed by atoms with van der Waals surface area (Å²) in [6, 6.07) is 9.04. The number of hydrogen-bond donors (Lipinski definition) is 1. The summed E-state index contributed by atoms with van der Waals surface area (Å²) in [5.74, 6) is -2.75. The normalized spacial score (nSPS) is 11.3. The zero-order chi connectivity index (χ0) is 18.9. The minimum absolute atomic E-state index is 0.0295. The molecular formula is C17H12F2N2O3S2. The summed E-state index contributed by atoms with van der Waals surface area (Å²) in [5.41, 5.74) is 1.20. The summed E-state index contributed by atoms with van der Waals surface area (Å²) in [7, 11) is -3.28. The third-order valence-corrected chi connectivity index (χ3v) is 5.37. The van der Waals surface area contributed by atoms with Crippen LogP contribution in [0.25, 0.3) is 11.3 Å². The van der Waals surface area contributed by atoms with Crippen LogP contribution in [0.2, 0.25) is 0 Å². The van der Waals surface area contributed by atoms with Gasteiger partial charge < -0.3 is 0 Å². The Morgan fingerprint density at radius 1 is 1.08 bits per heavy atom. The summed E-state index contributed by atoms with van der Waals surface area (Å²) < 4.78 is 49.1. The van der Waals surface area contributed by atoms with Gasteiger partial charge in [-0.15, -0.1) is 11.3 Å². The Labute approximate surface area is 152 Å². The Morgan fingerprint density at radius 2 is 1.77 bits per heavy atom. The quantitative estimate of drug-likeness (QED) is 0.731. The average Bonchev–Trinajstić information content (AvgIpc) is 3.05. The van der Waals surface area contributed by atoms with Crippen molar-refractivity contribution in [2.45, 2.75) is 4.90 Å². The van der Waals surface area contributed by atoms with E-state index in [1.807, 2.05) is 0 Å². The first kappa shape index (κ1) is 18.2. The summed E-state index contributed by atoms with van der Waals surface area (Å²) in [4.78, 5) is 16.5. The van der Waals surface area contributed by atoms with Gasteiger partial charge in [-0.2, -0.15) is 0 Å². The van der Waals surface area contributed by atoms with Gasteiger partial charge in [0.25, 0.3) is 5.91 Å². The number of halogens is 2. The maximum atomic E-state index is 13.2. The summed E-state index contributed by atoms with van der Waals surface area (Å²) in [5, 5.41) is 4.48. The molecule has 0 atom stereocenters. The molecule has 0 bridgehead atoms. The van der Waals surface area contributed by atoms with Crippen LogP contribution in [-0.4, -0.2) is 25.6 Å². The lowest BCUT2D eigenvalue weighted by molar-refractivity contribution is 0.102. The lowest BCUT2D eigenvalue weighted by atomic mass is 10.2. The fourth-order valence-corrected chi connectivity index (χ4v) is 3.49. The van der Waals surface area contributed by atoms with Gasteiger partial charge in [-0.1, -0.05) is 12.1 Å². The number of hydrogen-bond acceptors (Lipinski definition) is 5. The molecule has 0 aliphatic carbocycles. The van der Waals surface area contributed by atoms with Crippen LogP contribution in [0.15, 0.2) is 52.7 Å². The van der Waals surface area contributed by atoms with Gasteiger partial charge in [0.2, 0.25) is 0 Å². The Balaban J connectivity index is 1.77. The number of rotatable bonds is 4. The van der Waals surface area contributed by atoms with E-state index in [9.17, 15) is 22.0 Å². The molecule has 0 radical (unpaired) electrons. The number of sulfone groups is 1. The smallest absolute Gasteiger partial charge is 0.257 e. The van der Waals surface area contributed by atoms with Crippen molar-refractivity contribution in [3.8, 4) is 11.3 Å². The number of carbonyl (C=O) groups excluding carboxylic acids is 1. The number of nitrogens with zero attached hydrogens (tertiary/aromatic N) is 1. The van der Waals surface area contributed by atoms with Gasteiger partial charge in [-0.25, -0.2) is 22.2 Å². The average molecular weight is 394 g/mol. The highest BCUT2D eigenvalue weighted by atomic mass is 32.2. The van der Waals surface area contributed by atoms with E-state index >= 15 is 0 Å². The minimum Gasteiger partial charge on any atom is -0.298 e. The Hall–Kier alpha value is -2.65. The predicted molar refractivity (Wildman–Crippen MR) is 95.0 cm³/mol. The first-order valence-corrected chi connectivity index (χ1v) is 10.0. The van der Waals surface area contributed by atoms with Crippen LogP contribution in [0, 0.1) is 11.6 Å². The fourth-order valence-electron chi connectivity index (χ4n) is 2.14. The summed E-state index contributed by atoms with van der Waals surface area (Å²) >= 11 is 1.16. The molecule has 0 spiro atoms. The van der Waals surface area contributed by atoms with Gasteiger partial charge in [0.1, 0.15) is 0 Å². The molecule has 0 unspecified atom stereocenters. The van der Waals surface area contributed by atoms with Crippen LogP contribution in [0.5, 0.6) is 0 Å². The third-order valence-electron chi connectivity index (χ3n) is 3.48. The SMILES string of the molecule is CS(=O)(=O)c1ccc(-c2csc(NC(=O)c3ccc(F)c(F)c3)n2)cc1. The third kappa shape index (κ3) is 3.94. The summed E-state index contributed by atoms with van der Waals surface area (Å²) in [6.07, 6.45) is 1.12. The molecule has 2 aromatic carbocycles. The number of amides is 1. The van der Waals surface area contributed by atoms with E-state index in [-0.39, 0.29) is 15.6 Å². The van der Waals surface area contributed by atoms with Gasteiger partial charge in [0.05, 0.1) is 10.6 Å². The van der Waals surface area contributed by atoms with E-state index in [0.29, 0.717) is 11.3 Å². The first-order chi connectivity index (χ1) is 12.2. The van der Waals surface area contributed by atoms with Crippen molar-refractivity contribution in [2.75, 3.05) is 11.6 Å². The second kappa shape index (κ2) is 6.93. The molecule has 0 aliphatic heterocycles. The van der Waals surface area contributed by atoms with Gasteiger partial charge in [0.15, 0.2) is 26.6 Å². The van der Waals surface area contributed by atoms with Gasteiger partial charge >= 0.3 is 0 Å². The number of benzene rings is 2. The van der Waals surface area contributed by atoms with Crippen molar-refractivity contribution >= 4 is 32.2 Å². The molecule has 1 aromatic heterocycles. The highest BCUT2D eigenvalue weighted by Crippen LogP contribution is 2.26. The van der Waals surface area contributed by atoms with Crippen molar-refractivity contribution in [3.05, 3.63) is 65.0 Å². The highest BCUT2D eigenvalue weighted by molar-refractivity contribution is 7.90. The molecule has 5 nitrogen and oxygen atoms in total. The van der Waals surface area contributed by atoms with Crippen molar-refractivity contribution in [1.82, 2.24) is 4.98 Å². The second-order valence-corrected chi connectivity index (χ2v) is 8.29. The van der Waals surface area contributed by atoms with Gasteiger partial charge in [0, 0.05) is 22.8 Å². The Bertz CT molecular complexity index is 1080. The van der Waals surface area contributed by atoms with Crippen LogP contribution < -0.4 is 5.32 Å². The molecular weight excluding hydrogens is 382 g/mol. The van der Waals surface area contributed by atoms with E-state index in [4.69, 9.17) is 0 Å². The lowest BCUT2D eigenvalue weighted by Gasteiger charge is -2.02. The Morgan fingerprint density at radius 3 is 2.38 bits per heavy atom. The summed E-state index contributed by atoms with van der Waals surface area (Å²) in [6.45, 7) is 0. The number of carbonyl (C=O) groups is 1. The van der Waals surface area contributed by atoms with Crippen LogP contribution in [0.4, 0.5) is 13.9 Å². The predicted octanol–water partition coefficient (Wildman–Crippen LogP) is 3.74. The molecule has 3 aromatic rings. The molecule has 0 fully saturated rings. The van der Waals surface area contributed by atoms with E-state index in [1.165, 1.54) is 18.2 Å². The molecule has 134 valence electrons. The Kier molecular flexibility index (Phi) is 4.84. The van der Waals surface area contributed by atoms with E-state index in [1.54, 1.807) is 17.5 Å². The van der Waals surface area contributed by atoms with Crippen LogP contribution in [0.3, 0.4) is 0 Å². The lowest BCUT2D eigenvalue weighted by Crippen LogP contribution is -2.12. The molecule has 0 saturated heterocycles. The van der Waals surface area contributed by atoms with Crippen LogP contribution in [0.1, 0.15) is 10.4 Å². The number of anilines is 1. The molecule has 26 heavy (non-hydrogen) atoms. The molecule has 0 saturated carbocycles. The van der Waals surface area contributed by atoms with Crippen molar-refractivity contribution in [1.29, 1.82) is 0 Å². The van der Waals surface area contributed by atoms with E-state index < -0.39 is 27.4 Å². The molecule has 1 N–H and O–H groups in total. The molecule has 0 aliphatic rings. The van der Waals surface area contributed by atoms with Crippen LogP contribution in [-0.2, 0) is 9.84 Å². The second-order valence-electron chi connectivity index (χ2n) is 5.42. The van der Waals surface area contributed by atoms with Crippen molar-refractivity contribution in [2.24, 2.45) is 0 Å². The number of nitrogens with one attached hydrogen (secondary N) is 1. The van der Waals surface area contributed by atoms with E-state index in [2.05, 4.69) is 10.3 Å². The number of aromatic nitrogens is 1. The topological polar surface area (TPSA) is 76.1 Å². The number of thiazole rings is 1. The van der Waals surface area contributed by atoms with Crippen LogP contribution >= 0.6 is 11.3 Å². The maximum Gasteiger partial charge on any atom is 0.257 e. The standard InChI is InChI=1S/C17H12F2N2O3S2/c1-26(23,24)12-5-2-10(3-6-12)15-9-25-17(20-15)21-16(22)11-4-7-13(18)14(19)8-11/h2-9H,1H3,(H,20,21,22). The molecule has 3 rings (SSSR count). The molecule has 9 heteroatoms. The largest absolute Gasteiger partial charge is 0.298 e. The van der Waals surface area contributed by atoms with Crippen molar-refractivity contribution < 1.29 is 22.0 Å². The fraction of sp³-hybridized carbons (Fsp3) is 0.0588. The molecule has 1 amide bonds. The van der Waals surface area contributed by atoms with E-state index in [0.717, 1.165) is 29.7 Å². The first-order valence-electron chi connectivity index (χ1n) is 7.26. The highest BCUT2D eigenvalue weighted by Gasteiger charge is 2.13. The maximum absolute atomic E-state index is 13.2. The monoisotopic (exact) mass is 394 g/mol. The zero-order valence-electron chi connectivity index (χ0n) is 13.4.